The summed E-state index contributed by atoms with van der Waals surface area (Å²) in [6, 6.07) is 9.24. The van der Waals surface area contributed by atoms with Crippen molar-refractivity contribution < 1.29 is 19.0 Å². The standard InChI is InChI=1S/C21H22N6O4/c28-20(12-29-15-3-4-16-17(11-15)31-13-30-16)26-9-7-25(8-10-26)19-6-5-18-22-23-21(14-1-2-14)27(18)24-19/h3-6,11,14H,1-2,7-10,12-13H2. The molecule has 1 aromatic carbocycles. The van der Waals surface area contributed by atoms with Gasteiger partial charge in [-0.15, -0.1) is 15.3 Å². The van der Waals surface area contributed by atoms with Crippen LogP contribution in [0.4, 0.5) is 5.82 Å². The normalized spacial score (nSPS) is 17.9. The molecule has 0 atom stereocenters. The summed E-state index contributed by atoms with van der Waals surface area (Å²) in [5.74, 6) is 4.21. The van der Waals surface area contributed by atoms with E-state index in [1.165, 1.54) is 0 Å². The van der Waals surface area contributed by atoms with Gasteiger partial charge >= 0.3 is 0 Å². The first-order chi connectivity index (χ1) is 15.2. The third kappa shape index (κ3) is 3.47. The summed E-state index contributed by atoms with van der Waals surface area (Å²) in [6.45, 7) is 2.89. The maximum Gasteiger partial charge on any atom is 0.260 e. The molecule has 0 bridgehead atoms. The van der Waals surface area contributed by atoms with Crippen LogP contribution in [0.3, 0.4) is 0 Å². The van der Waals surface area contributed by atoms with Crippen molar-refractivity contribution in [1.29, 1.82) is 0 Å². The Kier molecular flexibility index (Phi) is 4.29. The van der Waals surface area contributed by atoms with E-state index in [4.69, 9.17) is 19.3 Å². The number of carbonyl (C=O) groups excluding carboxylic acids is 1. The lowest BCUT2D eigenvalue weighted by atomic mass is 10.3. The van der Waals surface area contributed by atoms with E-state index in [2.05, 4.69) is 15.1 Å². The Hall–Kier alpha value is -3.56. The van der Waals surface area contributed by atoms with Crippen molar-refractivity contribution in [2.24, 2.45) is 0 Å². The number of aromatic nitrogens is 4. The molecule has 0 unspecified atom stereocenters. The van der Waals surface area contributed by atoms with Crippen LogP contribution in [0.25, 0.3) is 5.65 Å². The molecule has 0 radical (unpaired) electrons. The predicted octanol–water partition coefficient (Wildman–Crippen LogP) is 1.46. The number of ether oxygens (including phenoxy) is 3. The molecule has 2 aromatic heterocycles. The number of carbonyl (C=O) groups is 1. The van der Waals surface area contributed by atoms with Gasteiger partial charge in [0.2, 0.25) is 6.79 Å². The molecule has 10 heteroatoms. The van der Waals surface area contributed by atoms with Gasteiger partial charge in [-0.2, -0.15) is 4.52 Å². The molecule has 1 saturated carbocycles. The van der Waals surface area contributed by atoms with Gasteiger partial charge in [0.25, 0.3) is 5.91 Å². The monoisotopic (exact) mass is 422 g/mol. The van der Waals surface area contributed by atoms with Crippen molar-refractivity contribution in [2.45, 2.75) is 18.8 Å². The molecule has 2 fully saturated rings. The molecule has 31 heavy (non-hydrogen) atoms. The fraction of sp³-hybridized carbons (Fsp3) is 0.429. The Morgan fingerprint density at radius 3 is 2.71 bits per heavy atom. The average molecular weight is 422 g/mol. The Balaban J connectivity index is 1.06. The van der Waals surface area contributed by atoms with Crippen LogP contribution in [-0.4, -0.2) is 70.2 Å². The van der Waals surface area contributed by atoms with Crippen molar-refractivity contribution in [2.75, 3.05) is 44.5 Å². The zero-order valence-corrected chi connectivity index (χ0v) is 16.9. The summed E-state index contributed by atoms with van der Waals surface area (Å²) in [5, 5.41) is 13.3. The number of hydrogen-bond acceptors (Lipinski definition) is 8. The third-order valence-corrected chi connectivity index (χ3v) is 5.88. The zero-order valence-electron chi connectivity index (χ0n) is 16.9. The van der Waals surface area contributed by atoms with Crippen LogP contribution in [0.2, 0.25) is 0 Å². The maximum absolute atomic E-state index is 12.6. The summed E-state index contributed by atoms with van der Waals surface area (Å²) < 4.78 is 18.2. The zero-order chi connectivity index (χ0) is 20.8. The quantitative estimate of drug-likeness (QED) is 0.610. The van der Waals surface area contributed by atoms with Crippen molar-refractivity contribution in [3.63, 3.8) is 0 Å². The molecule has 1 saturated heterocycles. The minimum absolute atomic E-state index is 0.00466. The minimum Gasteiger partial charge on any atom is -0.484 e. The number of benzene rings is 1. The molecule has 1 amide bonds. The van der Waals surface area contributed by atoms with E-state index in [-0.39, 0.29) is 19.3 Å². The molecule has 1 aliphatic carbocycles. The molecule has 0 N–H and O–H groups in total. The molecule has 2 aliphatic heterocycles. The van der Waals surface area contributed by atoms with E-state index in [0.29, 0.717) is 36.3 Å². The Morgan fingerprint density at radius 2 is 1.87 bits per heavy atom. The second kappa shape index (κ2) is 7.29. The van der Waals surface area contributed by atoms with Crippen molar-refractivity contribution in [3.05, 3.63) is 36.2 Å². The van der Waals surface area contributed by atoms with Gasteiger partial charge in [0.15, 0.2) is 29.6 Å². The number of piperazine rings is 1. The van der Waals surface area contributed by atoms with Gasteiger partial charge in [-0.25, -0.2) is 0 Å². The number of rotatable bonds is 5. The first-order valence-corrected chi connectivity index (χ1v) is 10.5. The van der Waals surface area contributed by atoms with E-state index in [1.54, 1.807) is 18.2 Å². The molecule has 10 nitrogen and oxygen atoms in total. The summed E-state index contributed by atoms with van der Waals surface area (Å²) in [4.78, 5) is 16.6. The second-order valence-electron chi connectivity index (χ2n) is 7.97. The third-order valence-electron chi connectivity index (χ3n) is 5.88. The molecule has 6 rings (SSSR count). The Bertz CT molecular complexity index is 1140. The van der Waals surface area contributed by atoms with Gasteiger partial charge < -0.3 is 24.0 Å². The lowest BCUT2D eigenvalue weighted by molar-refractivity contribution is -0.133. The molecular formula is C21H22N6O4. The van der Waals surface area contributed by atoms with Crippen molar-refractivity contribution in [1.82, 2.24) is 24.7 Å². The van der Waals surface area contributed by atoms with Gasteiger partial charge in [-0.1, -0.05) is 0 Å². The summed E-state index contributed by atoms with van der Waals surface area (Å²) >= 11 is 0. The van der Waals surface area contributed by atoms with E-state index < -0.39 is 0 Å². The Morgan fingerprint density at radius 1 is 1.03 bits per heavy atom. The van der Waals surface area contributed by atoms with Gasteiger partial charge in [0, 0.05) is 38.2 Å². The number of fused-ring (bicyclic) bond motifs is 2. The number of anilines is 1. The van der Waals surface area contributed by atoms with Crippen LogP contribution >= 0.6 is 0 Å². The fourth-order valence-electron chi connectivity index (χ4n) is 3.95. The highest BCUT2D eigenvalue weighted by atomic mass is 16.7. The van der Waals surface area contributed by atoms with E-state index in [1.807, 2.05) is 21.5 Å². The number of hydrogen-bond donors (Lipinski definition) is 0. The maximum atomic E-state index is 12.6. The van der Waals surface area contributed by atoms with Crippen LogP contribution in [0.1, 0.15) is 24.6 Å². The Labute approximate surface area is 178 Å². The highest BCUT2D eigenvalue weighted by molar-refractivity contribution is 5.78. The summed E-state index contributed by atoms with van der Waals surface area (Å²) in [7, 11) is 0. The van der Waals surface area contributed by atoms with Crippen molar-refractivity contribution >= 4 is 17.4 Å². The molecule has 3 aromatic rings. The fourth-order valence-corrected chi connectivity index (χ4v) is 3.95. The molecule has 160 valence electrons. The largest absolute Gasteiger partial charge is 0.484 e. The van der Waals surface area contributed by atoms with Gasteiger partial charge in [-0.3, -0.25) is 4.79 Å². The van der Waals surface area contributed by atoms with Crippen LogP contribution in [0.5, 0.6) is 17.2 Å². The van der Waals surface area contributed by atoms with E-state index >= 15 is 0 Å². The minimum atomic E-state index is -0.0319. The van der Waals surface area contributed by atoms with Gasteiger partial charge in [-0.05, 0) is 37.1 Å². The predicted molar refractivity (Wildman–Crippen MR) is 110 cm³/mol. The molecule has 4 heterocycles. The number of amides is 1. The first kappa shape index (κ1) is 18.2. The second-order valence-corrected chi connectivity index (χ2v) is 7.97. The molecule has 0 spiro atoms. The van der Waals surface area contributed by atoms with Crippen LogP contribution in [0.15, 0.2) is 30.3 Å². The number of nitrogens with zero attached hydrogens (tertiary/aromatic N) is 6. The lowest BCUT2D eigenvalue weighted by Crippen LogP contribution is -2.50. The molecule has 3 aliphatic rings. The van der Waals surface area contributed by atoms with E-state index in [0.717, 1.165) is 43.2 Å². The van der Waals surface area contributed by atoms with Gasteiger partial charge in [0.05, 0.1) is 0 Å². The topological polar surface area (TPSA) is 94.3 Å². The summed E-state index contributed by atoms with van der Waals surface area (Å²) in [5.41, 5.74) is 0.778. The SMILES string of the molecule is O=C(COc1ccc2c(c1)OCO2)N1CCN(c2ccc3nnc(C4CC4)n3n2)CC1. The van der Waals surface area contributed by atoms with Gasteiger partial charge in [0.1, 0.15) is 11.6 Å². The van der Waals surface area contributed by atoms with Crippen molar-refractivity contribution in [3.8, 4) is 17.2 Å². The summed E-state index contributed by atoms with van der Waals surface area (Å²) in [6.07, 6.45) is 2.31. The highest BCUT2D eigenvalue weighted by Crippen LogP contribution is 2.39. The van der Waals surface area contributed by atoms with Crippen LogP contribution in [0, 0.1) is 0 Å². The molecular weight excluding hydrogens is 400 g/mol. The van der Waals surface area contributed by atoms with E-state index in [9.17, 15) is 4.79 Å². The van der Waals surface area contributed by atoms with Crippen LogP contribution < -0.4 is 19.1 Å². The lowest BCUT2D eigenvalue weighted by Gasteiger charge is -2.35. The smallest absolute Gasteiger partial charge is 0.260 e. The van der Waals surface area contributed by atoms with Crippen LogP contribution in [-0.2, 0) is 4.79 Å². The average Bonchev–Trinajstić information content (AvgIpc) is 3.39. The highest BCUT2D eigenvalue weighted by Gasteiger charge is 2.30. The first-order valence-electron chi connectivity index (χ1n) is 10.5.